The summed E-state index contributed by atoms with van der Waals surface area (Å²) in [6.07, 6.45) is 7.53. The van der Waals surface area contributed by atoms with Crippen LogP contribution in [0.25, 0.3) is 5.69 Å². The molecule has 108 valence electrons. The highest BCUT2D eigenvalue weighted by Gasteiger charge is 2.22. The van der Waals surface area contributed by atoms with Crippen LogP contribution in [0.4, 0.5) is 0 Å². The second-order valence-electron chi connectivity index (χ2n) is 5.32. The van der Waals surface area contributed by atoms with Gasteiger partial charge < -0.3 is 5.32 Å². The van der Waals surface area contributed by atoms with E-state index in [0.29, 0.717) is 0 Å². The van der Waals surface area contributed by atoms with E-state index in [1.165, 1.54) is 5.56 Å². The number of nitrogens with one attached hydrogen (secondary N) is 1. The van der Waals surface area contributed by atoms with Crippen molar-refractivity contribution in [1.82, 2.24) is 15.1 Å². The molecule has 1 N–H and O–H groups in total. The number of para-hydroxylation sites is 1. The van der Waals surface area contributed by atoms with E-state index in [1.54, 1.807) is 0 Å². The van der Waals surface area contributed by atoms with Crippen LogP contribution in [0.5, 0.6) is 0 Å². The number of nitrogens with zero attached hydrogens (tertiary/aromatic N) is 2. The zero-order valence-electron chi connectivity index (χ0n) is 12.8. The lowest BCUT2D eigenvalue weighted by molar-refractivity contribution is 0.288. The maximum atomic E-state index is 4.44. The predicted octanol–water partition coefficient (Wildman–Crippen LogP) is 3.93. The van der Waals surface area contributed by atoms with Gasteiger partial charge in [-0.25, -0.2) is 4.68 Å². The van der Waals surface area contributed by atoms with Gasteiger partial charge in [-0.2, -0.15) is 5.10 Å². The number of hydrogen-bond acceptors (Lipinski definition) is 2. The zero-order valence-corrected chi connectivity index (χ0v) is 12.8. The molecule has 3 nitrogen and oxygen atoms in total. The van der Waals surface area contributed by atoms with Crippen molar-refractivity contribution in [2.45, 2.75) is 52.1 Å². The quantitative estimate of drug-likeness (QED) is 0.827. The Kier molecular flexibility index (Phi) is 4.96. The first-order valence-electron chi connectivity index (χ1n) is 7.57. The molecule has 1 aromatic carbocycles. The van der Waals surface area contributed by atoms with Crippen molar-refractivity contribution in [3.8, 4) is 5.69 Å². The lowest BCUT2D eigenvalue weighted by Crippen LogP contribution is -2.42. The summed E-state index contributed by atoms with van der Waals surface area (Å²) in [4.78, 5) is 0. The maximum absolute atomic E-state index is 4.44. The van der Waals surface area contributed by atoms with Crippen LogP contribution < -0.4 is 5.32 Å². The number of rotatable bonds is 7. The minimum absolute atomic E-state index is 0.259. The van der Waals surface area contributed by atoms with Crippen LogP contribution in [0.1, 0.15) is 45.6 Å². The molecule has 0 aliphatic heterocycles. The lowest BCUT2D eigenvalue weighted by atomic mass is 9.90. The maximum Gasteiger partial charge on any atom is 0.0645 e. The van der Waals surface area contributed by atoms with Crippen LogP contribution in [-0.4, -0.2) is 15.3 Å². The van der Waals surface area contributed by atoms with Crippen molar-refractivity contribution in [3.63, 3.8) is 0 Å². The van der Waals surface area contributed by atoms with E-state index in [4.69, 9.17) is 0 Å². The topological polar surface area (TPSA) is 29.9 Å². The monoisotopic (exact) mass is 271 g/mol. The van der Waals surface area contributed by atoms with Crippen molar-refractivity contribution >= 4 is 0 Å². The van der Waals surface area contributed by atoms with Crippen molar-refractivity contribution in [1.29, 1.82) is 0 Å². The Morgan fingerprint density at radius 2 is 1.70 bits per heavy atom. The molecule has 0 aliphatic carbocycles. The average Bonchev–Trinajstić information content (AvgIpc) is 2.99. The van der Waals surface area contributed by atoms with Gasteiger partial charge in [0.1, 0.15) is 0 Å². The normalized spacial score (nSPS) is 11.8. The van der Waals surface area contributed by atoms with Crippen molar-refractivity contribution in [3.05, 3.63) is 48.3 Å². The summed E-state index contributed by atoms with van der Waals surface area (Å²) in [7, 11) is 0. The Balaban J connectivity index is 2.03. The van der Waals surface area contributed by atoms with Crippen LogP contribution in [0, 0.1) is 0 Å². The first-order valence-corrected chi connectivity index (χ1v) is 7.57. The van der Waals surface area contributed by atoms with Gasteiger partial charge in [-0.3, -0.25) is 0 Å². The van der Waals surface area contributed by atoms with E-state index >= 15 is 0 Å². The van der Waals surface area contributed by atoms with E-state index in [9.17, 15) is 0 Å². The number of aromatic nitrogens is 2. The molecule has 1 aromatic heterocycles. The minimum atomic E-state index is 0.259. The van der Waals surface area contributed by atoms with Crippen LogP contribution in [0.2, 0.25) is 0 Å². The molecule has 0 radical (unpaired) electrons. The van der Waals surface area contributed by atoms with Gasteiger partial charge in [-0.15, -0.1) is 0 Å². The Hall–Kier alpha value is -1.61. The van der Waals surface area contributed by atoms with Gasteiger partial charge >= 0.3 is 0 Å². The number of benzene rings is 1. The zero-order chi connectivity index (χ0) is 14.4. The third-order valence-corrected chi connectivity index (χ3v) is 4.35. The Morgan fingerprint density at radius 1 is 1.05 bits per heavy atom. The summed E-state index contributed by atoms with van der Waals surface area (Å²) in [6.45, 7) is 7.65. The van der Waals surface area contributed by atoms with E-state index in [2.05, 4.69) is 49.5 Å². The smallest absolute Gasteiger partial charge is 0.0645 e. The van der Waals surface area contributed by atoms with Crippen molar-refractivity contribution in [2.75, 3.05) is 0 Å². The highest BCUT2D eigenvalue weighted by Crippen LogP contribution is 2.20. The Bertz CT molecular complexity index is 504. The predicted molar refractivity (Wildman–Crippen MR) is 84.0 cm³/mol. The molecule has 0 amide bonds. The summed E-state index contributed by atoms with van der Waals surface area (Å²) >= 11 is 0. The third kappa shape index (κ3) is 3.28. The van der Waals surface area contributed by atoms with Crippen molar-refractivity contribution < 1.29 is 0 Å². The molecule has 20 heavy (non-hydrogen) atoms. The van der Waals surface area contributed by atoms with Gasteiger partial charge in [0.05, 0.1) is 11.9 Å². The molecular weight excluding hydrogens is 246 g/mol. The lowest BCUT2D eigenvalue weighted by Gasteiger charge is -2.31. The molecule has 0 spiro atoms. The minimum Gasteiger partial charge on any atom is -0.307 e. The average molecular weight is 271 g/mol. The first kappa shape index (κ1) is 14.8. The summed E-state index contributed by atoms with van der Waals surface area (Å²) in [5, 5.41) is 8.15. The molecule has 1 heterocycles. The van der Waals surface area contributed by atoms with E-state index in [1.807, 2.05) is 29.1 Å². The van der Waals surface area contributed by atoms with Crippen molar-refractivity contribution in [2.24, 2.45) is 0 Å². The van der Waals surface area contributed by atoms with Crippen LogP contribution in [0.15, 0.2) is 42.7 Å². The second-order valence-corrected chi connectivity index (χ2v) is 5.32. The molecule has 0 aliphatic rings. The van der Waals surface area contributed by atoms with Gasteiger partial charge in [0, 0.05) is 23.8 Å². The van der Waals surface area contributed by atoms with Crippen LogP contribution in [0.3, 0.4) is 0 Å². The second kappa shape index (κ2) is 6.71. The first-order chi connectivity index (χ1) is 9.73. The third-order valence-electron chi connectivity index (χ3n) is 4.35. The fraction of sp³-hybridized carbons (Fsp3) is 0.471. The molecule has 0 atom stereocenters. The van der Waals surface area contributed by atoms with E-state index in [-0.39, 0.29) is 5.54 Å². The van der Waals surface area contributed by atoms with E-state index < -0.39 is 0 Å². The molecule has 0 saturated carbocycles. The fourth-order valence-electron chi connectivity index (χ4n) is 2.59. The van der Waals surface area contributed by atoms with Gasteiger partial charge in [0.15, 0.2) is 0 Å². The fourth-order valence-corrected chi connectivity index (χ4v) is 2.59. The largest absolute Gasteiger partial charge is 0.307 e. The molecule has 3 heteroatoms. The SMILES string of the molecule is CCC(CC)(CC)NCc1cnn(-c2ccccc2)c1. The van der Waals surface area contributed by atoms with Gasteiger partial charge in [0.25, 0.3) is 0 Å². The van der Waals surface area contributed by atoms with Crippen LogP contribution in [-0.2, 0) is 6.54 Å². The van der Waals surface area contributed by atoms with E-state index in [0.717, 1.165) is 31.5 Å². The van der Waals surface area contributed by atoms with Gasteiger partial charge in [-0.1, -0.05) is 39.0 Å². The Labute approximate surface area is 122 Å². The molecule has 2 rings (SSSR count). The molecule has 0 bridgehead atoms. The standard InChI is InChI=1S/C17H25N3/c1-4-17(5-2,6-3)18-12-15-13-19-20(14-15)16-10-8-7-9-11-16/h7-11,13-14,18H,4-6,12H2,1-3H3. The molecule has 0 unspecified atom stereocenters. The Morgan fingerprint density at radius 3 is 2.30 bits per heavy atom. The van der Waals surface area contributed by atoms with Crippen LogP contribution >= 0.6 is 0 Å². The molecule has 2 aromatic rings. The van der Waals surface area contributed by atoms with Gasteiger partial charge in [-0.05, 0) is 31.4 Å². The summed E-state index contributed by atoms with van der Waals surface area (Å²) < 4.78 is 1.93. The molecule has 0 saturated heterocycles. The summed E-state index contributed by atoms with van der Waals surface area (Å²) in [6, 6.07) is 10.2. The summed E-state index contributed by atoms with van der Waals surface area (Å²) in [5.41, 5.74) is 2.59. The molecular formula is C17H25N3. The highest BCUT2D eigenvalue weighted by molar-refractivity contribution is 5.30. The number of hydrogen-bond donors (Lipinski definition) is 1. The van der Waals surface area contributed by atoms with Gasteiger partial charge in [0.2, 0.25) is 0 Å². The molecule has 0 fully saturated rings. The highest BCUT2D eigenvalue weighted by atomic mass is 15.3. The summed E-state index contributed by atoms with van der Waals surface area (Å²) in [5.74, 6) is 0.